The van der Waals surface area contributed by atoms with Crippen LogP contribution in [-0.2, 0) is 13.5 Å². The molecular weight excluding hydrogens is 282 g/mol. The van der Waals surface area contributed by atoms with Crippen LogP contribution in [0.3, 0.4) is 0 Å². The maximum Gasteiger partial charge on any atom is 0.192 e. The van der Waals surface area contributed by atoms with Gasteiger partial charge in [-0.05, 0) is 42.8 Å². The molecule has 3 aromatic rings. The molecule has 21 heavy (non-hydrogen) atoms. The molecule has 0 spiro atoms. The average molecular weight is 299 g/mol. The third kappa shape index (κ3) is 3.06. The Hall–Kier alpha value is -1.92. The maximum absolute atomic E-state index is 5.97. The summed E-state index contributed by atoms with van der Waals surface area (Å²) in [4.78, 5) is 9.03. The van der Waals surface area contributed by atoms with Crippen molar-refractivity contribution in [3.05, 3.63) is 42.2 Å². The van der Waals surface area contributed by atoms with E-state index in [1.807, 2.05) is 32.2 Å². The molecule has 0 saturated carbocycles. The molecule has 0 radical (unpaired) electrons. The lowest BCUT2D eigenvalue weighted by molar-refractivity contribution is 0.683. The van der Waals surface area contributed by atoms with Gasteiger partial charge < -0.3 is 5.73 Å². The lowest BCUT2D eigenvalue weighted by Gasteiger charge is -2.11. The highest BCUT2D eigenvalue weighted by molar-refractivity contribution is 7.99. The van der Waals surface area contributed by atoms with Gasteiger partial charge in [0.2, 0.25) is 0 Å². The molecular formula is C15H17N5S. The number of aryl methyl sites for hydroxylation is 1. The van der Waals surface area contributed by atoms with Gasteiger partial charge in [-0.1, -0.05) is 18.2 Å². The number of para-hydroxylation sites is 1. The first-order chi connectivity index (χ1) is 10.1. The lowest BCUT2D eigenvalue weighted by atomic mass is 10.1. The summed E-state index contributed by atoms with van der Waals surface area (Å²) in [6, 6.07) is 10.4. The Labute approximate surface area is 127 Å². The van der Waals surface area contributed by atoms with Gasteiger partial charge in [-0.3, -0.25) is 0 Å². The summed E-state index contributed by atoms with van der Waals surface area (Å²) in [6.07, 6.45) is 2.34. The van der Waals surface area contributed by atoms with Crippen LogP contribution in [0.2, 0.25) is 0 Å². The van der Waals surface area contributed by atoms with Gasteiger partial charge in [0.05, 0.1) is 5.52 Å². The SMILES string of the molecule is CC(N)Cc1cc2ccccc2nc1Sc1ncnn1C. The predicted octanol–water partition coefficient (Wildman–Crippen LogP) is 2.40. The Balaban J connectivity index is 2.07. The zero-order valence-corrected chi connectivity index (χ0v) is 12.8. The van der Waals surface area contributed by atoms with E-state index < -0.39 is 0 Å². The highest BCUT2D eigenvalue weighted by atomic mass is 32.2. The molecule has 0 saturated heterocycles. The second kappa shape index (κ2) is 5.83. The second-order valence-corrected chi connectivity index (χ2v) is 6.05. The molecule has 0 aliphatic rings. The first-order valence-electron chi connectivity index (χ1n) is 6.79. The minimum Gasteiger partial charge on any atom is -0.328 e. The summed E-state index contributed by atoms with van der Waals surface area (Å²) in [6.45, 7) is 2.01. The molecule has 3 rings (SSSR count). The first kappa shape index (κ1) is 14.0. The van der Waals surface area contributed by atoms with E-state index in [0.717, 1.165) is 33.1 Å². The van der Waals surface area contributed by atoms with Crippen LogP contribution in [0.15, 0.2) is 46.8 Å². The molecule has 2 N–H and O–H groups in total. The summed E-state index contributed by atoms with van der Waals surface area (Å²) >= 11 is 1.53. The lowest BCUT2D eigenvalue weighted by Crippen LogP contribution is -2.18. The Morgan fingerprint density at radius 3 is 2.86 bits per heavy atom. The monoisotopic (exact) mass is 299 g/mol. The van der Waals surface area contributed by atoms with Crippen molar-refractivity contribution >= 4 is 22.7 Å². The summed E-state index contributed by atoms with van der Waals surface area (Å²) in [5, 5.41) is 7.00. The zero-order valence-electron chi connectivity index (χ0n) is 12.0. The number of rotatable bonds is 4. The van der Waals surface area contributed by atoms with Crippen molar-refractivity contribution in [3.8, 4) is 0 Å². The maximum atomic E-state index is 5.97. The van der Waals surface area contributed by atoms with Crippen LogP contribution < -0.4 is 5.73 Å². The quantitative estimate of drug-likeness (QED) is 0.801. The number of aromatic nitrogens is 4. The molecule has 5 nitrogen and oxygen atoms in total. The minimum absolute atomic E-state index is 0.0896. The van der Waals surface area contributed by atoms with Crippen LogP contribution >= 0.6 is 11.8 Å². The summed E-state index contributed by atoms with van der Waals surface area (Å²) in [5.41, 5.74) is 8.10. The number of nitrogens with zero attached hydrogens (tertiary/aromatic N) is 4. The Morgan fingerprint density at radius 2 is 2.14 bits per heavy atom. The third-order valence-electron chi connectivity index (χ3n) is 3.16. The number of pyridine rings is 1. The summed E-state index contributed by atoms with van der Waals surface area (Å²) in [5.74, 6) is 0. The molecule has 1 atom stereocenters. The van der Waals surface area contributed by atoms with Crippen molar-refractivity contribution in [2.75, 3.05) is 0 Å². The fraction of sp³-hybridized carbons (Fsp3) is 0.267. The van der Waals surface area contributed by atoms with Gasteiger partial charge in [0.25, 0.3) is 0 Å². The minimum atomic E-state index is 0.0896. The van der Waals surface area contributed by atoms with Gasteiger partial charge in [0.1, 0.15) is 11.4 Å². The Bertz CT molecular complexity index is 766. The normalized spacial score (nSPS) is 12.7. The first-order valence-corrected chi connectivity index (χ1v) is 7.61. The van der Waals surface area contributed by atoms with Gasteiger partial charge >= 0.3 is 0 Å². The van der Waals surface area contributed by atoms with Crippen LogP contribution in [0.5, 0.6) is 0 Å². The van der Waals surface area contributed by atoms with Gasteiger partial charge in [-0.25, -0.2) is 14.6 Å². The van der Waals surface area contributed by atoms with E-state index >= 15 is 0 Å². The van der Waals surface area contributed by atoms with Crippen molar-refractivity contribution in [1.82, 2.24) is 19.7 Å². The average Bonchev–Trinajstić information content (AvgIpc) is 2.84. The standard InChI is InChI=1S/C15H17N5S/c1-10(16)7-12-8-11-5-3-4-6-13(11)19-14(12)21-15-17-9-18-20(15)2/h3-6,8-10H,7,16H2,1-2H3. The fourth-order valence-corrected chi connectivity index (χ4v) is 3.06. The largest absolute Gasteiger partial charge is 0.328 e. The molecule has 108 valence electrons. The number of benzene rings is 1. The number of fused-ring (bicyclic) bond motifs is 1. The van der Waals surface area contributed by atoms with Crippen molar-refractivity contribution in [2.45, 2.75) is 29.6 Å². The predicted molar refractivity (Wildman–Crippen MR) is 84.2 cm³/mol. The highest BCUT2D eigenvalue weighted by Crippen LogP contribution is 2.30. The third-order valence-corrected chi connectivity index (χ3v) is 4.26. The van der Waals surface area contributed by atoms with Crippen molar-refractivity contribution in [1.29, 1.82) is 0 Å². The molecule has 0 aliphatic heterocycles. The topological polar surface area (TPSA) is 69.6 Å². The van der Waals surface area contributed by atoms with Crippen molar-refractivity contribution in [2.24, 2.45) is 12.8 Å². The second-order valence-electron chi connectivity index (χ2n) is 5.10. The van der Waals surface area contributed by atoms with Crippen LogP contribution in [0.4, 0.5) is 0 Å². The van der Waals surface area contributed by atoms with Crippen LogP contribution in [-0.4, -0.2) is 25.8 Å². The zero-order chi connectivity index (χ0) is 14.8. The van der Waals surface area contributed by atoms with Gasteiger partial charge in [-0.15, -0.1) is 0 Å². The van der Waals surface area contributed by atoms with Crippen LogP contribution in [0.25, 0.3) is 10.9 Å². The molecule has 0 bridgehead atoms. The Morgan fingerprint density at radius 1 is 1.33 bits per heavy atom. The van der Waals surface area contributed by atoms with E-state index in [-0.39, 0.29) is 6.04 Å². The Kier molecular flexibility index (Phi) is 3.90. The number of hydrogen-bond donors (Lipinski definition) is 1. The van der Waals surface area contributed by atoms with Gasteiger partial charge in [0, 0.05) is 18.5 Å². The van der Waals surface area contributed by atoms with E-state index in [2.05, 4.69) is 22.2 Å². The number of hydrogen-bond acceptors (Lipinski definition) is 5. The fourth-order valence-electron chi connectivity index (χ4n) is 2.19. The highest BCUT2D eigenvalue weighted by Gasteiger charge is 2.13. The number of nitrogens with two attached hydrogens (primary N) is 1. The molecule has 0 fully saturated rings. The van der Waals surface area contributed by atoms with E-state index in [9.17, 15) is 0 Å². The van der Waals surface area contributed by atoms with Gasteiger partial charge in [0.15, 0.2) is 5.16 Å². The molecule has 2 heterocycles. The van der Waals surface area contributed by atoms with Crippen LogP contribution in [0.1, 0.15) is 12.5 Å². The molecule has 6 heteroatoms. The molecule has 0 aliphatic carbocycles. The van der Waals surface area contributed by atoms with E-state index in [0.29, 0.717) is 0 Å². The molecule has 0 amide bonds. The summed E-state index contributed by atoms with van der Waals surface area (Å²) in [7, 11) is 1.88. The van der Waals surface area contributed by atoms with Gasteiger partial charge in [-0.2, -0.15) is 5.10 Å². The van der Waals surface area contributed by atoms with Crippen molar-refractivity contribution in [3.63, 3.8) is 0 Å². The van der Waals surface area contributed by atoms with E-state index in [1.165, 1.54) is 11.8 Å². The van der Waals surface area contributed by atoms with E-state index in [4.69, 9.17) is 10.7 Å². The molecule has 2 aromatic heterocycles. The molecule has 1 unspecified atom stereocenters. The van der Waals surface area contributed by atoms with Crippen LogP contribution in [0, 0.1) is 0 Å². The molecule has 1 aromatic carbocycles. The van der Waals surface area contributed by atoms with Crippen molar-refractivity contribution < 1.29 is 0 Å². The van der Waals surface area contributed by atoms with E-state index in [1.54, 1.807) is 11.0 Å². The summed E-state index contributed by atoms with van der Waals surface area (Å²) < 4.78 is 1.75. The smallest absolute Gasteiger partial charge is 0.192 e.